The number of aliphatic imine (C=N–C) groups is 1. The van der Waals surface area contributed by atoms with Crippen molar-refractivity contribution in [2.45, 2.75) is 46.6 Å². The summed E-state index contributed by atoms with van der Waals surface area (Å²) in [6.45, 7) is 13.2. The van der Waals surface area contributed by atoms with E-state index in [0.717, 1.165) is 13.0 Å². The highest BCUT2D eigenvalue weighted by molar-refractivity contribution is 5.79. The van der Waals surface area contributed by atoms with Crippen LogP contribution in [0.3, 0.4) is 0 Å². The number of rotatable bonds is 9. The van der Waals surface area contributed by atoms with Crippen molar-refractivity contribution in [3.63, 3.8) is 0 Å². The summed E-state index contributed by atoms with van der Waals surface area (Å²) >= 11 is 0. The highest BCUT2D eigenvalue weighted by Crippen LogP contribution is 2.08. The Hall–Kier alpha value is -1.50. The molecule has 7 heteroatoms. The van der Waals surface area contributed by atoms with Crippen LogP contribution in [0.2, 0.25) is 0 Å². The Morgan fingerprint density at radius 1 is 1.17 bits per heavy atom. The predicted molar refractivity (Wildman–Crippen MR) is 98.5 cm³/mol. The zero-order valence-electron chi connectivity index (χ0n) is 16.4. The number of carbonyl (C=O) groups excluding carboxylic acids is 1. The van der Waals surface area contributed by atoms with Gasteiger partial charge < -0.3 is 25.0 Å². The lowest BCUT2D eigenvalue weighted by Crippen LogP contribution is -2.43. The second-order valence-corrected chi connectivity index (χ2v) is 7.12. The van der Waals surface area contributed by atoms with Crippen LogP contribution in [0, 0.1) is 5.92 Å². The van der Waals surface area contributed by atoms with Gasteiger partial charge >= 0.3 is 6.09 Å². The Labute approximate surface area is 147 Å². The number of nitrogens with zero attached hydrogens (tertiary/aromatic N) is 2. The number of carbonyl (C=O) groups is 1. The normalized spacial score (nSPS) is 12.2. The molecule has 0 atom stereocenters. The fourth-order valence-electron chi connectivity index (χ4n) is 1.66. The number of likely N-dealkylation sites (N-methyl/N-ethyl adjacent to an activating group) is 1. The Kier molecular flexibility index (Phi) is 11.2. The second kappa shape index (κ2) is 11.9. The third-order valence-electron chi connectivity index (χ3n) is 3.05. The molecule has 2 N–H and O–H groups in total. The third kappa shape index (κ3) is 13.0. The summed E-state index contributed by atoms with van der Waals surface area (Å²) in [5, 5.41) is 6.34. The van der Waals surface area contributed by atoms with E-state index in [1.165, 1.54) is 0 Å². The minimum Gasteiger partial charge on any atom is -0.444 e. The highest BCUT2D eigenvalue weighted by atomic mass is 16.6. The van der Waals surface area contributed by atoms with E-state index in [2.05, 4.69) is 29.5 Å². The summed E-state index contributed by atoms with van der Waals surface area (Å²) in [6.07, 6.45) is 0.745. The van der Waals surface area contributed by atoms with E-state index < -0.39 is 5.60 Å². The molecule has 0 saturated carbocycles. The molecule has 24 heavy (non-hydrogen) atoms. The minimum absolute atomic E-state index is 0.328. The van der Waals surface area contributed by atoms with Crippen LogP contribution in [-0.4, -0.2) is 69.5 Å². The predicted octanol–water partition coefficient (Wildman–Crippen LogP) is 2.08. The van der Waals surface area contributed by atoms with Crippen LogP contribution in [0.15, 0.2) is 4.99 Å². The quantitative estimate of drug-likeness (QED) is 0.380. The van der Waals surface area contributed by atoms with Crippen LogP contribution in [0.1, 0.15) is 41.0 Å². The fraction of sp³-hybridized carbons (Fsp3) is 0.882. The number of hydrogen-bond acceptors (Lipinski definition) is 4. The molecular formula is C17H36N4O3. The van der Waals surface area contributed by atoms with Crippen molar-refractivity contribution in [1.82, 2.24) is 15.5 Å². The summed E-state index contributed by atoms with van der Waals surface area (Å²) < 4.78 is 10.8. The molecular weight excluding hydrogens is 308 g/mol. The van der Waals surface area contributed by atoms with Gasteiger partial charge in [0.1, 0.15) is 5.60 Å². The molecule has 0 aromatic heterocycles. The molecule has 0 aromatic carbocycles. The van der Waals surface area contributed by atoms with Gasteiger partial charge in [-0.15, -0.1) is 0 Å². The molecule has 0 aliphatic heterocycles. The van der Waals surface area contributed by atoms with Crippen LogP contribution < -0.4 is 10.6 Å². The summed E-state index contributed by atoms with van der Waals surface area (Å²) in [6, 6.07) is 0. The molecule has 0 bridgehead atoms. The molecule has 1 amide bonds. The highest BCUT2D eigenvalue weighted by Gasteiger charge is 2.19. The van der Waals surface area contributed by atoms with E-state index in [1.54, 1.807) is 19.0 Å². The number of hydrogen-bond donors (Lipinski definition) is 2. The molecule has 142 valence electrons. The molecule has 0 aliphatic carbocycles. The topological polar surface area (TPSA) is 75.2 Å². The van der Waals surface area contributed by atoms with Gasteiger partial charge in [0.2, 0.25) is 0 Å². The molecule has 0 rings (SSSR count). The second-order valence-electron chi connectivity index (χ2n) is 7.12. The van der Waals surface area contributed by atoms with E-state index in [9.17, 15) is 4.79 Å². The van der Waals surface area contributed by atoms with Gasteiger partial charge in [0.15, 0.2) is 5.96 Å². The Morgan fingerprint density at radius 3 is 2.33 bits per heavy atom. The molecule has 0 fully saturated rings. The molecule has 7 nitrogen and oxygen atoms in total. The number of amides is 1. The van der Waals surface area contributed by atoms with Gasteiger partial charge in [-0.25, -0.2) is 4.79 Å². The van der Waals surface area contributed by atoms with Gasteiger partial charge in [-0.05, 0) is 33.1 Å². The lowest BCUT2D eigenvalue weighted by molar-refractivity contribution is 0.0302. The maximum atomic E-state index is 11.8. The monoisotopic (exact) mass is 344 g/mol. The fourth-order valence-corrected chi connectivity index (χ4v) is 1.66. The van der Waals surface area contributed by atoms with E-state index in [-0.39, 0.29) is 6.09 Å². The van der Waals surface area contributed by atoms with Crippen LogP contribution >= 0.6 is 0 Å². The molecule has 0 aliphatic rings. The van der Waals surface area contributed by atoms with Gasteiger partial charge in [-0.3, -0.25) is 4.99 Å². The zero-order chi connectivity index (χ0) is 18.6. The first kappa shape index (κ1) is 22.5. The van der Waals surface area contributed by atoms with Gasteiger partial charge in [-0.2, -0.15) is 0 Å². The Morgan fingerprint density at radius 2 is 1.79 bits per heavy atom. The molecule has 0 spiro atoms. The SMILES string of the molecule is CN=C(NCCOCCC(C)C)NCCN(C)C(=O)OC(C)(C)C. The van der Waals surface area contributed by atoms with Crippen LogP contribution in [0.25, 0.3) is 0 Å². The van der Waals surface area contributed by atoms with Crippen LogP contribution in [0.5, 0.6) is 0 Å². The first-order valence-electron chi connectivity index (χ1n) is 8.62. The summed E-state index contributed by atoms with van der Waals surface area (Å²) in [5.74, 6) is 1.36. The van der Waals surface area contributed by atoms with Gasteiger partial charge in [0, 0.05) is 40.3 Å². The first-order chi connectivity index (χ1) is 11.2. The van der Waals surface area contributed by atoms with Gasteiger partial charge in [0.05, 0.1) is 6.61 Å². The molecule has 0 radical (unpaired) electrons. The van der Waals surface area contributed by atoms with Crippen molar-refractivity contribution in [1.29, 1.82) is 0 Å². The van der Waals surface area contributed by atoms with Crippen molar-refractivity contribution >= 4 is 12.1 Å². The van der Waals surface area contributed by atoms with Gasteiger partial charge in [-0.1, -0.05) is 13.8 Å². The van der Waals surface area contributed by atoms with Crippen molar-refractivity contribution in [3.8, 4) is 0 Å². The molecule has 0 unspecified atom stereocenters. The maximum Gasteiger partial charge on any atom is 0.410 e. The molecule has 0 heterocycles. The van der Waals surface area contributed by atoms with Crippen molar-refractivity contribution in [2.75, 3.05) is 46.9 Å². The number of guanidine groups is 1. The largest absolute Gasteiger partial charge is 0.444 e. The Bertz CT molecular complexity index is 379. The van der Waals surface area contributed by atoms with Crippen molar-refractivity contribution < 1.29 is 14.3 Å². The first-order valence-corrected chi connectivity index (χ1v) is 8.62. The average Bonchev–Trinajstić information content (AvgIpc) is 2.46. The van der Waals surface area contributed by atoms with E-state index in [0.29, 0.717) is 38.1 Å². The molecule has 0 aromatic rings. The van der Waals surface area contributed by atoms with Crippen molar-refractivity contribution in [3.05, 3.63) is 0 Å². The van der Waals surface area contributed by atoms with Gasteiger partial charge in [0.25, 0.3) is 0 Å². The lowest BCUT2D eigenvalue weighted by Gasteiger charge is -2.24. The summed E-state index contributed by atoms with van der Waals surface area (Å²) in [7, 11) is 3.43. The van der Waals surface area contributed by atoms with E-state index in [1.807, 2.05) is 20.8 Å². The third-order valence-corrected chi connectivity index (χ3v) is 3.05. The van der Waals surface area contributed by atoms with Crippen LogP contribution in [-0.2, 0) is 9.47 Å². The summed E-state index contributed by atoms with van der Waals surface area (Å²) in [4.78, 5) is 17.5. The average molecular weight is 345 g/mol. The number of nitrogens with one attached hydrogen (secondary N) is 2. The Balaban J connectivity index is 3.84. The van der Waals surface area contributed by atoms with E-state index >= 15 is 0 Å². The standard InChI is InChI=1S/C17H36N4O3/c1-14(2)8-12-23-13-10-20-15(18-6)19-9-11-21(7)16(22)24-17(3,4)5/h14H,8-13H2,1-7H3,(H2,18,19,20). The van der Waals surface area contributed by atoms with Crippen LogP contribution in [0.4, 0.5) is 4.79 Å². The molecule has 0 saturated heterocycles. The van der Waals surface area contributed by atoms with E-state index in [4.69, 9.17) is 9.47 Å². The minimum atomic E-state index is -0.480. The summed E-state index contributed by atoms with van der Waals surface area (Å²) in [5.41, 5.74) is -0.480. The lowest BCUT2D eigenvalue weighted by atomic mass is 10.1. The maximum absolute atomic E-state index is 11.8. The number of ether oxygens (including phenoxy) is 2. The van der Waals surface area contributed by atoms with Crippen molar-refractivity contribution in [2.24, 2.45) is 10.9 Å². The zero-order valence-corrected chi connectivity index (χ0v) is 16.4. The smallest absolute Gasteiger partial charge is 0.410 e.